The number of aromatic amines is 1. The molecule has 0 saturated carbocycles. The average molecular weight is 418 g/mol. The lowest BCUT2D eigenvalue weighted by atomic mass is 10.2. The van der Waals surface area contributed by atoms with Gasteiger partial charge in [-0.3, -0.25) is 9.36 Å². The number of H-pyrrole nitrogens is 1. The molecule has 1 N–H and O–H groups in total. The monoisotopic (exact) mass is 418 g/mol. The van der Waals surface area contributed by atoms with Gasteiger partial charge in [-0.05, 0) is 50.2 Å². The molecule has 2 aromatic heterocycles. The average Bonchev–Trinajstić information content (AvgIpc) is 3.20. The molecule has 2 aromatic carbocycles. The largest absolute Gasteiger partial charge is 0.490 e. The van der Waals surface area contributed by atoms with Crippen LogP contribution in [0.4, 0.5) is 5.95 Å². The number of nitrogens with one attached hydrogen (secondary N) is 1. The smallest absolute Gasteiger partial charge is 0.258 e. The third kappa shape index (κ3) is 4.71. The fourth-order valence-electron chi connectivity index (χ4n) is 3.15. The van der Waals surface area contributed by atoms with Gasteiger partial charge in [-0.1, -0.05) is 18.2 Å². The fraction of sp³-hybridized carbons (Fsp3) is 0.250. The minimum atomic E-state index is -0.167. The van der Waals surface area contributed by atoms with Crippen LogP contribution in [0.3, 0.4) is 0 Å². The molecule has 0 aliphatic rings. The van der Waals surface area contributed by atoms with Crippen LogP contribution in [0.5, 0.6) is 11.5 Å². The highest BCUT2D eigenvalue weighted by molar-refractivity contribution is 5.80. The number of imidazole rings is 1. The van der Waals surface area contributed by atoms with Crippen LogP contribution in [0.2, 0.25) is 0 Å². The van der Waals surface area contributed by atoms with Gasteiger partial charge in [-0.2, -0.15) is 0 Å². The first-order valence-electron chi connectivity index (χ1n) is 10.3. The molecule has 0 unspecified atom stereocenters. The third-order valence-electron chi connectivity index (χ3n) is 5.09. The Morgan fingerprint density at radius 2 is 1.74 bits per heavy atom. The molecule has 4 rings (SSSR count). The zero-order chi connectivity index (χ0) is 21.8. The lowest BCUT2D eigenvalue weighted by Crippen LogP contribution is -2.26. The molecule has 160 valence electrons. The Labute approximate surface area is 180 Å². The number of anilines is 1. The molecule has 0 spiro atoms. The Morgan fingerprint density at radius 1 is 1.00 bits per heavy atom. The standard InChI is InChI=1S/C24H26N4O3/c1-17(2)27(3)24-25-21-10-9-18(15-22(21)26-24)28-12-11-20(16-23(28)29)31-14-13-30-19-7-5-4-6-8-19/h4-12,15-17H,13-14H2,1-3H3,(H,25,26). The van der Waals surface area contributed by atoms with Crippen LogP contribution in [0.25, 0.3) is 16.7 Å². The highest BCUT2D eigenvalue weighted by atomic mass is 16.5. The molecule has 7 nitrogen and oxygen atoms in total. The Morgan fingerprint density at radius 3 is 2.45 bits per heavy atom. The molecule has 0 saturated heterocycles. The molecule has 2 heterocycles. The van der Waals surface area contributed by atoms with Crippen LogP contribution < -0.4 is 19.9 Å². The van der Waals surface area contributed by atoms with Gasteiger partial charge in [-0.25, -0.2) is 4.98 Å². The van der Waals surface area contributed by atoms with Crippen LogP contribution in [0, 0.1) is 0 Å². The van der Waals surface area contributed by atoms with E-state index in [0.29, 0.717) is 25.0 Å². The van der Waals surface area contributed by atoms with Gasteiger partial charge in [0.2, 0.25) is 5.95 Å². The molecule has 0 radical (unpaired) electrons. The predicted octanol–water partition coefficient (Wildman–Crippen LogP) is 4.02. The normalized spacial score (nSPS) is 11.1. The molecule has 7 heteroatoms. The number of hydrogen-bond acceptors (Lipinski definition) is 5. The van der Waals surface area contributed by atoms with E-state index in [1.54, 1.807) is 16.8 Å². The number of rotatable bonds is 8. The predicted molar refractivity (Wildman–Crippen MR) is 123 cm³/mol. The van der Waals surface area contributed by atoms with Gasteiger partial charge in [-0.15, -0.1) is 0 Å². The third-order valence-corrected chi connectivity index (χ3v) is 5.09. The first-order chi connectivity index (χ1) is 15.0. The van der Waals surface area contributed by atoms with E-state index in [0.717, 1.165) is 28.4 Å². The van der Waals surface area contributed by atoms with Crippen molar-refractivity contribution >= 4 is 17.0 Å². The molecular weight excluding hydrogens is 392 g/mol. The molecule has 0 amide bonds. The van der Waals surface area contributed by atoms with Crippen molar-refractivity contribution in [2.45, 2.75) is 19.9 Å². The van der Waals surface area contributed by atoms with Gasteiger partial charge < -0.3 is 19.4 Å². The van der Waals surface area contributed by atoms with Crippen LogP contribution in [0.15, 0.2) is 71.7 Å². The summed E-state index contributed by atoms with van der Waals surface area (Å²) in [7, 11) is 2.00. The Balaban J connectivity index is 1.44. The number of nitrogens with zero attached hydrogens (tertiary/aromatic N) is 3. The molecule has 0 aliphatic carbocycles. The van der Waals surface area contributed by atoms with E-state index in [1.165, 1.54) is 6.07 Å². The van der Waals surface area contributed by atoms with E-state index in [-0.39, 0.29) is 5.56 Å². The number of ether oxygens (including phenoxy) is 2. The maximum atomic E-state index is 12.7. The van der Waals surface area contributed by atoms with E-state index in [1.807, 2.05) is 55.6 Å². The Hall–Kier alpha value is -3.74. The lowest BCUT2D eigenvalue weighted by molar-refractivity contribution is 0.217. The van der Waals surface area contributed by atoms with Crippen molar-refractivity contribution in [2.75, 3.05) is 25.2 Å². The van der Waals surface area contributed by atoms with Gasteiger partial charge in [0.1, 0.15) is 24.7 Å². The first-order valence-corrected chi connectivity index (χ1v) is 10.3. The maximum absolute atomic E-state index is 12.7. The first kappa shape index (κ1) is 20.5. The Kier molecular flexibility index (Phi) is 5.93. The van der Waals surface area contributed by atoms with Gasteiger partial charge >= 0.3 is 0 Å². The van der Waals surface area contributed by atoms with Crippen LogP contribution in [-0.2, 0) is 0 Å². The quantitative estimate of drug-likeness (QED) is 0.438. The molecule has 4 aromatic rings. The summed E-state index contributed by atoms with van der Waals surface area (Å²) in [6.45, 7) is 4.96. The molecule has 0 bridgehead atoms. The summed E-state index contributed by atoms with van der Waals surface area (Å²) in [5.74, 6) is 2.11. The number of para-hydroxylation sites is 1. The molecule has 0 aliphatic heterocycles. The topological polar surface area (TPSA) is 72.4 Å². The van der Waals surface area contributed by atoms with Gasteiger partial charge in [0.25, 0.3) is 5.56 Å². The Bertz CT molecular complexity index is 1210. The van der Waals surface area contributed by atoms with Gasteiger partial charge in [0.05, 0.1) is 16.7 Å². The van der Waals surface area contributed by atoms with Crippen LogP contribution >= 0.6 is 0 Å². The minimum absolute atomic E-state index is 0.167. The zero-order valence-corrected chi connectivity index (χ0v) is 17.9. The minimum Gasteiger partial charge on any atom is -0.490 e. The summed E-state index contributed by atoms with van der Waals surface area (Å²) in [5.41, 5.74) is 2.33. The van der Waals surface area contributed by atoms with Crippen molar-refractivity contribution in [1.29, 1.82) is 0 Å². The summed E-state index contributed by atoms with van der Waals surface area (Å²) in [6, 6.07) is 18.9. The second kappa shape index (κ2) is 8.95. The summed E-state index contributed by atoms with van der Waals surface area (Å²) >= 11 is 0. The van der Waals surface area contributed by atoms with Crippen molar-refractivity contribution < 1.29 is 9.47 Å². The number of aromatic nitrogens is 3. The number of pyridine rings is 1. The van der Waals surface area contributed by atoms with Crippen LogP contribution in [-0.4, -0.2) is 40.8 Å². The molecule has 0 fully saturated rings. The van der Waals surface area contributed by atoms with Crippen molar-refractivity contribution in [3.63, 3.8) is 0 Å². The highest BCUT2D eigenvalue weighted by Gasteiger charge is 2.11. The fourth-order valence-corrected chi connectivity index (χ4v) is 3.15. The second-order valence-corrected chi connectivity index (χ2v) is 7.55. The van der Waals surface area contributed by atoms with Crippen molar-refractivity contribution in [3.05, 3.63) is 77.2 Å². The van der Waals surface area contributed by atoms with Crippen LogP contribution in [0.1, 0.15) is 13.8 Å². The van der Waals surface area contributed by atoms with E-state index in [9.17, 15) is 4.79 Å². The molecule has 0 atom stereocenters. The summed E-state index contributed by atoms with van der Waals surface area (Å²) < 4.78 is 12.8. The lowest BCUT2D eigenvalue weighted by Gasteiger charge is -2.19. The molecule has 31 heavy (non-hydrogen) atoms. The summed E-state index contributed by atoms with van der Waals surface area (Å²) in [6.07, 6.45) is 1.72. The van der Waals surface area contributed by atoms with E-state index in [4.69, 9.17) is 9.47 Å². The maximum Gasteiger partial charge on any atom is 0.258 e. The number of benzene rings is 2. The van der Waals surface area contributed by atoms with E-state index < -0.39 is 0 Å². The SMILES string of the molecule is CC(C)N(C)c1nc2ccc(-n3ccc(OCCOc4ccccc4)cc3=O)cc2[nH]1. The van der Waals surface area contributed by atoms with E-state index >= 15 is 0 Å². The van der Waals surface area contributed by atoms with Crippen molar-refractivity contribution in [1.82, 2.24) is 14.5 Å². The second-order valence-electron chi connectivity index (χ2n) is 7.55. The number of fused-ring (bicyclic) bond motifs is 1. The molecular formula is C24H26N4O3. The highest BCUT2D eigenvalue weighted by Crippen LogP contribution is 2.21. The summed E-state index contributed by atoms with van der Waals surface area (Å²) in [5, 5.41) is 0. The zero-order valence-electron chi connectivity index (χ0n) is 17.9. The summed E-state index contributed by atoms with van der Waals surface area (Å²) in [4.78, 5) is 22.7. The number of hydrogen-bond donors (Lipinski definition) is 1. The van der Waals surface area contributed by atoms with Gasteiger partial charge in [0.15, 0.2) is 0 Å². The van der Waals surface area contributed by atoms with Crippen molar-refractivity contribution in [2.24, 2.45) is 0 Å². The van der Waals surface area contributed by atoms with Gasteiger partial charge in [0, 0.05) is 25.4 Å². The van der Waals surface area contributed by atoms with E-state index in [2.05, 4.69) is 28.7 Å². The van der Waals surface area contributed by atoms with Crippen molar-refractivity contribution in [3.8, 4) is 17.2 Å².